The van der Waals surface area contributed by atoms with Crippen LogP contribution in [0, 0.1) is 0 Å². The quantitative estimate of drug-likeness (QED) is 0.834. The molecule has 1 fully saturated rings. The standard InChI is InChI=1S/C11H16O2S/c1-13-11(5-2-3-6-11)10(12)9-4-7-14-8-9/h4,7-8,10,12H,2-3,5-6H2,1H3. The lowest BCUT2D eigenvalue weighted by molar-refractivity contribution is -0.0999. The maximum absolute atomic E-state index is 10.2. The first kappa shape index (κ1) is 10.1. The van der Waals surface area contributed by atoms with E-state index < -0.39 is 6.10 Å². The van der Waals surface area contributed by atoms with Crippen molar-refractivity contribution in [2.75, 3.05) is 7.11 Å². The predicted molar refractivity (Wildman–Crippen MR) is 57.5 cm³/mol. The molecule has 0 aromatic carbocycles. The third-order valence-corrected chi connectivity index (χ3v) is 3.92. The minimum absolute atomic E-state index is 0.318. The van der Waals surface area contributed by atoms with E-state index in [9.17, 15) is 5.11 Å². The van der Waals surface area contributed by atoms with Crippen LogP contribution in [0.25, 0.3) is 0 Å². The maximum atomic E-state index is 10.2. The van der Waals surface area contributed by atoms with Gasteiger partial charge in [-0.2, -0.15) is 11.3 Å². The summed E-state index contributed by atoms with van der Waals surface area (Å²) in [5.74, 6) is 0. The zero-order valence-corrected chi connectivity index (χ0v) is 9.22. The fourth-order valence-corrected chi connectivity index (χ4v) is 2.98. The van der Waals surface area contributed by atoms with Crippen molar-refractivity contribution in [3.05, 3.63) is 22.4 Å². The van der Waals surface area contributed by atoms with Gasteiger partial charge < -0.3 is 9.84 Å². The lowest BCUT2D eigenvalue weighted by atomic mass is 9.91. The van der Waals surface area contributed by atoms with Crippen LogP contribution in [0.3, 0.4) is 0 Å². The summed E-state index contributed by atoms with van der Waals surface area (Å²) in [5, 5.41) is 14.2. The first-order valence-corrected chi connectivity index (χ1v) is 5.98. The predicted octanol–water partition coefficient (Wildman–Crippen LogP) is 2.74. The third kappa shape index (κ3) is 1.60. The SMILES string of the molecule is COC1(C(O)c2ccsc2)CCCC1. The zero-order valence-electron chi connectivity index (χ0n) is 8.40. The molecule has 1 aliphatic rings. The molecule has 0 aliphatic heterocycles. The summed E-state index contributed by atoms with van der Waals surface area (Å²) < 4.78 is 5.54. The van der Waals surface area contributed by atoms with Gasteiger partial charge in [0.2, 0.25) is 0 Å². The van der Waals surface area contributed by atoms with Crippen LogP contribution in [0.15, 0.2) is 16.8 Å². The molecular weight excluding hydrogens is 196 g/mol. The van der Waals surface area contributed by atoms with E-state index >= 15 is 0 Å². The molecule has 1 heterocycles. The van der Waals surface area contributed by atoms with Crippen LogP contribution in [0.4, 0.5) is 0 Å². The average Bonchev–Trinajstić information content (AvgIpc) is 2.89. The third-order valence-electron chi connectivity index (χ3n) is 3.21. The zero-order chi connectivity index (χ0) is 10.0. The molecule has 0 bridgehead atoms. The molecule has 78 valence electrons. The first-order chi connectivity index (χ1) is 6.78. The molecule has 1 aromatic rings. The summed E-state index contributed by atoms with van der Waals surface area (Å²) in [7, 11) is 1.71. The van der Waals surface area contributed by atoms with Gasteiger partial charge in [0.15, 0.2) is 0 Å². The summed E-state index contributed by atoms with van der Waals surface area (Å²) in [4.78, 5) is 0. The number of methoxy groups -OCH3 is 1. The lowest BCUT2D eigenvalue weighted by Gasteiger charge is -2.32. The second-order valence-corrected chi connectivity index (χ2v) is 4.72. The Morgan fingerprint density at radius 1 is 1.50 bits per heavy atom. The molecule has 1 aromatic heterocycles. The van der Waals surface area contributed by atoms with Gasteiger partial charge in [-0.1, -0.05) is 12.8 Å². The highest BCUT2D eigenvalue weighted by Crippen LogP contribution is 2.42. The van der Waals surface area contributed by atoms with Crippen LogP contribution < -0.4 is 0 Å². The molecule has 14 heavy (non-hydrogen) atoms. The number of ether oxygens (including phenoxy) is 1. The first-order valence-electron chi connectivity index (χ1n) is 5.04. The Kier molecular flexibility index (Phi) is 2.91. The van der Waals surface area contributed by atoms with Crippen LogP contribution in [0.5, 0.6) is 0 Å². The van der Waals surface area contributed by atoms with Gasteiger partial charge in [0, 0.05) is 7.11 Å². The van der Waals surface area contributed by atoms with Crippen molar-refractivity contribution in [1.82, 2.24) is 0 Å². The Balaban J connectivity index is 2.19. The van der Waals surface area contributed by atoms with E-state index in [1.165, 1.54) is 0 Å². The fourth-order valence-electron chi connectivity index (χ4n) is 2.30. The molecular formula is C11H16O2S. The molecule has 1 unspecified atom stereocenters. The second-order valence-electron chi connectivity index (χ2n) is 3.94. The summed E-state index contributed by atoms with van der Waals surface area (Å²) in [6.45, 7) is 0. The van der Waals surface area contributed by atoms with Crippen molar-refractivity contribution in [2.45, 2.75) is 37.4 Å². The van der Waals surface area contributed by atoms with Crippen molar-refractivity contribution in [3.8, 4) is 0 Å². The van der Waals surface area contributed by atoms with E-state index in [0.29, 0.717) is 0 Å². The number of aliphatic hydroxyl groups is 1. The summed E-state index contributed by atoms with van der Waals surface area (Å²) >= 11 is 1.62. The van der Waals surface area contributed by atoms with Gasteiger partial charge >= 0.3 is 0 Å². The Morgan fingerprint density at radius 3 is 2.71 bits per heavy atom. The van der Waals surface area contributed by atoms with E-state index in [0.717, 1.165) is 31.2 Å². The normalized spacial score (nSPS) is 22.4. The molecule has 3 heteroatoms. The fraction of sp³-hybridized carbons (Fsp3) is 0.636. The molecule has 1 aliphatic carbocycles. The van der Waals surface area contributed by atoms with Crippen molar-refractivity contribution in [3.63, 3.8) is 0 Å². The van der Waals surface area contributed by atoms with Gasteiger partial charge in [-0.05, 0) is 35.2 Å². The Hall–Kier alpha value is -0.380. The number of aliphatic hydroxyl groups excluding tert-OH is 1. The van der Waals surface area contributed by atoms with Crippen molar-refractivity contribution >= 4 is 11.3 Å². The summed E-state index contributed by atoms with van der Waals surface area (Å²) in [6, 6.07) is 1.98. The minimum atomic E-state index is -0.457. The van der Waals surface area contributed by atoms with Crippen LogP contribution in [-0.4, -0.2) is 17.8 Å². The molecule has 1 atom stereocenters. The van der Waals surface area contributed by atoms with E-state index in [1.54, 1.807) is 18.4 Å². The monoisotopic (exact) mass is 212 g/mol. The lowest BCUT2D eigenvalue weighted by Crippen LogP contribution is -2.35. The van der Waals surface area contributed by atoms with E-state index in [-0.39, 0.29) is 5.60 Å². The largest absolute Gasteiger partial charge is 0.385 e. The van der Waals surface area contributed by atoms with E-state index in [2.05, 4.69) is 0 Å². The maximum Gasteiger partial charge on any atom is 0.109 e. The van der Waals surface area contributed by atoms with Gasteiger partial charge in [0.1, 0.15) is 6.10 Å². The van der Waals surface area contributed by atoms with Crippen molar-refractivity contribution in [1.29, 1.82) is 0 Å². The van der Waals surface area contributed by atoms with Gasteiger partial charge in [0.25, 0.3) is 0 Å². The highest BCUT2D eigenvalue weighted by Gasteiger charge is 2.41. The van der Waals surface area contributed by atoms with Crippen molar-refractivity contribution < 1.29 is 9.84 Å². The number of thiophene rings is 1. The highest BCUT2D eigenvalue weighted by atomic mass is 32.1. The molecule has 0 saturated heterocycles. The highest BCUT2D eigenvalue weighted by molar-refractivity contribution is 7.07. The summed E-state index contributed by atoms with van der Waals surface area (Å²) in [5.41, 5.74) is 0.680. The van der Waals surface area contributed by atoms with Gasteiger partial charge in [-0.3, -0.25) is 0 Å². The molecule has 2 nitrogen and oxygen atoms in total. The van der Waals surface area contributed by atoms with Crippen LogP contribution in [0.2, 0.25) is 0 Å². The smallest absolute Gasteiger partial charge is 0.109 e. The molecule has 0 amide bonds. The molecule has 1 saturated carbocycles. The molecule has 0 radical (unpaired) electrons. The molecule has 0 spiro atoms. The second kappa shape index (κ2) is 4.01. The van der Waals surface area contributed by atoms with E-state index in [1.807, 2.05) is 16.8 Å². The number of rotatable bonds is 3. The average molecular weight is 212 g/mol. The van der Waals surface area contributed by atoms with Crippen molar-refractivity contribution in [2.24, 2.45) is 0 Å². The van der Waals surface area contributed by atoms with Gasteiger partial charge in [0.05, 0.1) is 5.60 Å². The number of hydrogen-bond acceptors (Lipinski definition) is 3. The topological polar surface area (TPSA) is 29.5 Å². The Bertz CT molecular complexity index is 275. The minimum Gasteiger partial charge on any atom is -0.385 e. The van der Waals surface area contributed by atoms with E-state index in [4.69, 9.17) is 4.74 Å². The number of hydrogen-bond donors (Lipinski definition) is 1. The summed E-state index contributed by atoms with van der Waals surface area (Å²) in [6.07, 6.45) is 3.81. The van der Waals surface area contributed by atoms with Crippen LogP contribution in [0.1, 0.15) is 37.4 Å². The van der Waals surface area contributed by atoms with Crippen LogP contribution >= 0.6 is 11.3 Å². The van der Waals surface area contributed by atoms with Gasteiger partial charge in [-0.15, -0.1) is 0 Å². The Labute approximate surface area is 88.5 Å². The van der Waals surface area contributed by atoms with Gasteiger partial charge in [-0.25, -0.2) is 0 Å². The molecule has 2 rings (SSSR count). The molecule has 1 N–H and O–H groups in total. The Morgan fingerprint density at radius 2 is 2.21 bits per heavy atom. The van der Waals surface area contributed by atoms with Crippen LogP contribution in [-0.2, 0) is 4.74 Å².